The molecule has 11 heavy (non-hydrogen) atoms. The van der Waals surface area contributed by atoms with Gasteiger partial charge in [0.1, 0.15) is 12.9 Å². The Kier molecular flexibility index (Phi) is 6.56. The van der Waals surface area contributed by atoms with Crippen LogP contribution >= 0.6 is 0 Å². The molecule has 5 heteroatoms. The van der Waals surface area contributed by atoms with Gasteiger partial charge in [-0.1, -0.05) is 0 Å². The zero-order valence-electron chi connectivity index (χ0n) is 6.21. The van der Waals surface area contributed by atoms with Crippen molar-refractivity contribution in [2.24, 2.45) is 5.73 Å². The number of amides is 1. The summed E-state index contributed by atoms with van der Waals surface area (Å²) in [6.45, 7) is 0.778. The number of aldehydes is 1. The first-order valence-corrected chi connectivity index (χ1v) is 3.29. The molecule has 0 aliphatic rings. The summed E-state index contributed by atoms with van der Waals surface area (Å²) < 4.78 is 4.75. The highest BCUT2D eigenvalue weighted by Crippen LogP contribution is 1.68. The predicted octanol–water partition coefficient (Wildman–Crippen LogP) is -1.72. The highest BCUT2D eigenvalue weighted by molar-refractivity contribution is 5.77. The van der Waals surface area contributed by atoms with Crippen LogP contribution in [0.2, 0.25) is 0 Å². The third kappa shape index (κ3) is 6.95. The second kappa shape index (κ2) is 7.17. The highest BCUT2D eigenvalue weighted by Gasteiger charge is 1.93. The molecular formula is C6H12N2O3. The maximum atomic E-state index is 10.5. The van der Waals surface area contributed by atoms with Crippen LogP contribution in [0.4, 0.5) is 0 Å². The first-order chi connectivity index (χ1) is 5.31. The van der Waals surface area contributed by atoms with Gasteiger partial charge in [0.2, 0.25) is 5.91 Å². The van der Waals surface area contributed by atoms with Crippen molar-refractivity contribution in [3.63, 3.8) is 0 Å². The van der Waals surface area contributed by atoms with Gasteiger partial charge in [0.25, 0.3) is 0 Å². The van der Waals surface area contributed by atoms with Gasteiger partial charge in [-0.3, -0.25) is 4.79 Å². The predicted molar refractivity (Wildman–Crippen MR) is 38.9 cm³/mol. The molecule has 64 valence electrons. The van der Waals surface area contributed by atoms with Gasteiger partial charge < -0.3 is 20.6 Å². The van der Waals surface area contributed by atoms with E-state index in [9.17, 15) is 9.59 Å². The summed E-state index contributed by atoms with van der Waals surface area (Å²) in [7, 11) is 0. The van der Waals surface area contributed by atoms with Crippen LogP contribution in [0.5, 0.6) is 0 Å². The number of carbonyl (C=O) groups is 2. The Balaban J connectivity index is 3.01. The lowest BCUT2D eigenvalue weighted by molar-refractivity contribution is -0.119. The maximum absolute atomic E-state index is 10.5. The zero-order valence-corrected chi connectivity index (χ0v) is 6.21. The fourth-order valence-corrected chi connectivity index (χ4v) is 0.466. The molecule has 0 spiro atoms. The molecule has 0 aliphatic carbocycles. The van der Waals surface area contributed by atoms with Crippen molar-refractivity contribution in [2.75, 3.05) is 26.3 Å². The van der Waals surface area contributed by atoms with Gasteiger partial charge in [-0.2, -0.15) is 0 Å². The normalized spacial score (nSPS) is 9.18. The van der Waals surface area contributed by atoms with E-state index < -0.39 is 0 Å². The van der Waals surface area contributed by atoms with Gasteiger partial charge in [-0.15, -0.1) is 0 Å². The van der Waals surface area contributed by atoms with Crippen molar-refractivity contribution < 1.29 is 14.3 Å². The van der Waals surface area contributed by atoms with Crippen LogP contribution in [0.1, 0.15) is 0 Å². The number of rotatable bonds is 6. The number of hydrogen-bond acceptors (Lipinski definition) is 4. The molecule has 0 fully saturated rings. The molecular weight excluding hydrogens is 148 g/mol. The van der Waals surface area contributed by atoms with E-state index in [0.29, 0.717) is 19.4 Å². The molecule has 0 aliphatic heterocycles. The minimum absolute atomic E-state index is 0.0202. The Labute approximate surface area is 64.9 Å². The quantitative estimate of drug-likeness (QED) is 0.357. The molecule has 0 atom stereocenters. The summed E-state index contributed by atoms with van der Waals surface area (Å²) in [5.41, 5.74) is 5.00. The zero-order chi connectivity index (χ0) is 8.53. The van der Waals surface area contributed by atoms with Crippen LogP contribution in [0.15, 0.2) is 0 Å². The Morgan fingerprint density at radius 3 is 2.91 bits per heavy atom. The van der Waals surface area contributed by atoms with Crippen LogP contribution in [-0.4, -0.2) is 38.5 Å². The van der Waals surface area contributed by atoms with Crippen molar-refractivity contribution in [3.8, 4) is 0 Å². The van der Waals surface area contributed by atoms with E-state index in [-0.39, 0.29) is 19.1 Å². The molecule has 0 rings (SSSR count). The third-order valence-electron chi connectivity index (χ3n) is 0.940. The van der Waals surface area contributed by atoms with E-state index in [1.807, 2.05) is 0 Å². The SMILES string of the molecule is NCC(=O)NCCOCC=O. The molecule has 3 N–H and O–H groups in total. The fourth-order valence-electron chi connectivity index (χ4n) is 0.466. The van der Waals surface area contributed by atoms with Gasteiger partial charge in [-0.05, 0) is 0 Å². The Bertz CT molecular complexity index is 127. The number of ether oxygens (including phenoxy) is 1. The fraction of sp³-hybridized carbons (Fsp3) is 0.667. The van der Waals surface area contributed by atoms with Gasteiger partial charge in [0.15, 0.2) is 0 Å². The monoisotopic (exact) mass is 160 g/mol. The van der Waals surface area contributed by atoms with Crippen LogP contribution in [0, 0.1) is 0 Å². The number of carbonyl (C=O) groups excluding carboxylic acids is 2. The Morgan fingerprint density at radius 2 is 2.36 bits per heavy atom. The molecule has 0 saturated carbocycles. The van der Waals surface area contributed by atoms with Crippen molar-refractivity contribution in [1.82, 2.24) is 5.32 Å². The Hall–Kier alpha value is -0.940. The summed E-state index contributed by atoms with van der Waals surface area (Å²) >= 11 is 0. The minimum Gasteiger partial charge on any atom is -0.372 e. The summed E-state index contributed by atoms with van der Waals surface area (Å²) in [5.74, 6) is -0.222. The van der Waals surface area contributed by atoms with E-state index in [2.05, 4.69) is 5.32 Å². The molecule has 0 unspecified atom stereocenters. The van der Waals surface area contributed by atoms with Crippen molar-refractivity contribution in [3.05, 3.63) is 0 Å². The summed E-state index contributed by atoms with van der Waals surface area (Å²) in [6.07, 6.45) is 0.657. The average molecular weight is 160 g/mol. The molecule has 0 radical (unpaired) electrons. The van der Waals surface area contributed by atoms with Crippen LogP contribution < -0.4 is 11.1 Å². The highest BCUT2D eigenvalue weighted by atomic mass is 16.5. The van der Waals surface area contributed by atoms with Gasteiger partial charge in [0, 0.05) is 6.54 Å². The molecule has 0 saturated heterocycles. The first-order valence-electron chi connectivity index (χ1n) is 3.29. The molecule has 5 nitrogen and oxygen atoms in total. The maximum Gasteiger partial charge on any atom is 0.233 e. The number of nitrogens with two attached hydrogens (primary N) is 1. The lowest BCUT2D eigenvalue weighted by atomic mass is 10.5. The number of nitrogens with one attached hydrogen (secondary N) is 1. The van der Waals surface area contributed by atoms with Crippen LogP contribution in [0.25, 0.3) is 0 Å². The molecule has 0 aromatic heterocycles. The summed E-state index contributed by atoms with van der Waals surface area (Å²) in [6, 6.07) is 0. The second-order valence-corrected chi connectivity index (χ2v) is 1.80. The van der Waals surface area contributed by atoms with Crippen LogP contribution in [0.3, 0.4) is 0 Å². The topological polar surface area (TPSA) is 81.4 Å². The van der Waals surface area contributed by atoms with Crippen molar-refractivity contribution in [1.29, 1.82) is 0 Å². The van der Waals surface area contributed by atoms with E-state index in [4.69, 9.17) is 10.5 Å². The molecule has 0 aromatic carbocycles. The molecule has 1 amide bonds. The smallest absolute Gasteiger partial charge is 0.233 e. The van der Waals surface area contributed by atoms with Crippen molar-refractivity contribution in [2.45, 2.75) is 0 Å². The van der Waals surface area contributed by atoms with E-state index in [1.54, 1.807) is 0 Å². The second-order valence-electron chi connectivity index (χ2n) is 1.80. The molecule has 0 bridgehead atoms. The van der Waals surface area contributed by atoms with E-state index >= 15 is 0 Å². The third-order valence-corrected chi connectivity index (χ3v) is 0.940. The summed E-state index contributed by atoms with van der Waals surface area (Å²) in [4.78, 5) is 20.2. The molecule has 0 aromatic rings. The van der Waals surface area contributed by atoms with Gasteiger partial charge in [-0.25, -0.2) is 0 Å². The Morgan fingerprint density at radius 1 is 1.64 bits per heavy atom. The van der Waals surface area contributed by atoms with E-state index in [0.717, 1.165) is 0 Å². The standard InChI is InChI=1S/C6H12N2O3/c7-5-6(10)8-1-3-11-4-2-9/h2H,1,3-5,7H2,(H,8,10). The lowest BCUT2D eigenvalue weighted by Gasteiger charge is -2.01. The lowest BCUT2D eigenvalue weighted by Crippen LogP contribution is -2.32. The first kappa shape index (κ1) is 10.1. The average Bonchev–Trinajstić information content (AvgIpc) is 2.04. The van der Waals surface area contributed by atoms with Crippen LogP contribution in [-0.2, 0) is 14.3 Å². The largest absolute Gasteiger partial charge is 0.372 e. The van der Waals surface area contributed by atoms with E-state index in [1.165, 1.54) is 0 Å². The van der Waals surface area contributed by atoms with Crippen molar-refractivity contribution >= 4 is 12.2 Å². The number of hydrogen-bond donors (Lipinski definition) is 2. The van der Waals surface area contributed by atoms with Gasteiger partial charge in [0.05, 0.1) is 13.2 Å². The molecule has 0 heterocycles. The minimum atomic E-state index is -0.222. The van der Waals surface area contributed by atoms with Gasteiger partial charge >= 0.3 is 0 Å². The summed E-state index contributed by atoms with van der Waals surface area (Å²) in [5, 5.41) is 2.49.